The van der Waals surface area contributed by atoms with E-state index in [4.69, 9.17) is 10.5 Å². The summed E-state index contributed by atoms with van der Waals surface area (Å²) in [5.74, 6) is 0. The normalized spacial score (nSPS) is 15.7. The molecule has 3 heteroatoms. The van der Waals surface area contributed by atoms with Gasteiger partial charge in [0.15, 0.2) is 0 Å². The number of hydrogen-bond donors (Lipinski definition) is 1. The lowest BCUT2D eigenvalue weighted by atomic mass is 9.97. The highest BCUT2D eigenvalue weighted by Crippen LogP contribution is 2.28. The number of thiophene rings is 1. The Hall–Kier alpha value is -0.380. The third kappa shape index (κ3) is 2.30. The first kappa shape index (κ1) is 10.7. The molecule has 0 aromatic carbocycles. The lowest BCUT2D eigenvalue weighted by Crippen LogP contribution is -2.39. The van der Waals surface area contributed by atoms with Gasteiger partial charge in [-0.3, -0.25) is 0 Å². The summed E-state index contributed by atoms with van der Waals surface area (Å²) in [6, 6.07) is 4.20. The number of hydrogen-bond acceptors (Lipinski definition) is 3. The highest BCUT2D eigenvalue weighted by atomic mass is 32.1. The molecule has 0 saturated carbocycles. The molecule has 0 saturated heterocycles. The predicted octanol–water partition coefficient (Wildman–Crippen LogP) is 2.27. The summed E-state index contributed by atoms with van der Waals surface area (Å²) in [5, 5.41) is 0. The van der Waals surface area contributed by atoms with E-state index in [0.717, 1.165) is 6.42 Å². The van der Waals surface area contributed by atoms with Crippen LogP contribution in [0.5, 0.6) is 0 Å². The molecule has 0 aliphatic heterocycles. The zero-order chi connectivity index (χ0) is 9.90. The van der Waals surface area contributed by atoms with E-state index in [2.05, 4.69) is 26.0 Å². The van der Waals surface area contributed by atoms with Gasteiger partial charge >= 0.3 is 0 Å². The van der Waals surface area contributed by atoms with Gasteiger partial charge in [0.25, 0.3) is 0 Å². The van der Waals surface area contributed by atoms with Crippen LogP contribution in [0, 0.1) is 6.92 Å². The average molecular weight is 199 g/mol. The van der Waals surface area contributed by atoms with Gasteiger partial charge in [-0.1, -0.05) is 6.92 Å². The summed E-state index contributed by atoms with van der Waals surface area (Å²) >= 11 is 1.75. The molecule has 1 atom stereocenters. The predicted molar refractivity (Wildman–Crippen MR) is 57.1 cm³/mol. The van der Waals surface area contributed by atoms with Crippen molar-refractivity contribution in [2.24, 2.45) is 5.73 Å². The molecule has 0 fully saturated rings. The van der Waals surface area contributed by atoms with Crippen molar-refractivity contribution < 1.29 is 4.74 Å². The molecule has 1 heterocycles. The van der Waals surface area contributed by atoms with Gasteiger partial charge in [0.1, 0.15) is 0 Å². The molecule has 0 aliphatic carbocycles. The molecular weight excluding hydrogens is 182 g/mol. The van der Waals surface area contributed by atoms with E-state index in [1.54, 1.807) is 18.4 Å². The van der Waals surface area contributed by atoms with Crippen LogP contribution in [0.1, 0.15) is 23.1 Å². The Labute approximate surface area is 83.7 Å². The third-order valence-electron chi connectivity index (χ3n) is 2.26. The first-order valence-electron chi connectivity index (χ1n) is 4.47. The molecule has 0 radical (unpaired) electrons. The largest absolute Gasteiger partial charge is 0.382 e. The molecule has 2 N–H and O–H groups in total. The molecule has 1 aromatic heterocycles. The number of methoxy groups -OCH3 is 1. The Bertz CT molecular complexity index is 272. The van der Waals surface area contributed by atoms with Crippen molar-refractivity contribution in [1.29, 1.82) is 0 Å². The second-order valence-electron chi connectivity index (χ2n) is 3.35. The SMILES string of the molecule is CCC(N)(COC)c1ccc(C)s1. The maximum absolute atomic E-state index is 6.23. The standard InChI is InChI=1S/C10H17NOS/c1-4-10(11,7-12-3)9-6-5-8(2)13-9/h5-6H,4,7,11H2,1-3H3. The number of aryl methyl sites for hydroxylation is 1. The molecule has 0 spiro atoms. The van der Waals surface area contributed by atoms with Crippen LogP contribution in [-0.2, 0) is 10.3 Å². The molecule has 74 valence electrons. The molecule has 1 unspecified atom stereocenters. The molecule has 2 nitrogen and oxygen atoms in total. The van der Waals surface area contributed by atoms with Crippen LogP contribution in [0.15, 0.2) is 12.1 Å². The van der Waals surface area contributed by atoms with Crippen LogP contribution in [0.3, 0.4) is 0 Å². The van der Waals surface area contributed by atoms with Crippen molar-refractivity contribution in [2.75, 3.05) is 13.7 Å². The minimum absolute atomic E-state index is 0.298. The van der Waals surface area contributed by atoms with Crippen molar-refractivity contribution >= 4 is 11.3 Å². The monoisotopic (exact) mass is 199 g/mol. The van der Waals surface area contributed by atoms with E-state index in [0.29, 0.717) is 6.61 Å². The zero-order valence-corrected chi connectivity index (χ0v) is 9.28. The first-order valence-corrected chi connectivity index (χ1v) is 5.29. The Balaban J connectivity index is 2.88. The second kappa shape index (κ2) is 4.22. The van der Waals surface area contributed by atoms with Gasteiger partial charge in [-0.2, -0.15) is 0 Å². The fraction of sp³-hybridized carbons (Fsp3) is 0.600. The van der Waals surface area contributed by atoms with Crippen LogP contribution in [-0.4, -0.2) is 13.7 Å². The quantitative estimate of drug-likeness (QED) is 0.807. The van der Waals surface area contributed by atoms with Crippen LogP contribution in [0.2, 0.25) is 0 Å². The molecule has 1 rings (SSSR count). The van der Waals surface area contributed by atoms with Crippen molar-refractivity contribution in [1.82, 2.24) is 0 Å². The van der Waals surface area contributed by atoms with E-state index in [9.17, 15) is 0 Å². The van der Waals surface area contributed by atoms with E-state index < -0.39 is 0 Å². The highest BCUT2D eigenvalue weighted by Gasteiger charge is 2.26. The summed E-state index contributed by atoms with van der Waals surface area (Å²) < 4.78 is 5.14. The summed E-state index contributed by atoms with van der Waals surface area (Å²) in [7, 11) is 1.69. The van der Waals surface area contributed by atoms with Gasteiger partial charge in [-0.15, -0.1) is 11.3 Å². The van der Waals surface area contributed by atoms with E-state index >= 15 is 0 Å². The summed E-state index contributed by atoms with van der Waals surface area (Å²) in [4.78, 5) is 2.52. The van der Waals surface area contributed by atoms with Gasteiger partial charge in [0, 0.05) is 16.9 Å². The third-order valence-corrected chi connectivity index (χ3v) is 3.48. The summed E-state index contributed by atoms with van der Waals surface area (Å²) in [5.41, 5.74) is 5.93. The van der Waals surface area contributed by atoms with E-state index in [-0.39, 0.29) is 5.54 Å². The van der Waals surface area contributed by atoms with Crippen molar-refractivity contribution in [3.63, 3.8) is 0 Å². The molecule has 13 heavy (non-hydrogen) atoms. The fourth-order valence-electron chi connectivity index (χ4n) is 1.31. The number of rotatable bonds is 4. The van der Waals surface area contributed by atoms with Gasteiger partial charge < -0.3 is 10.5 Å². The van der Waals surface area contributed by atoms with Crippen LogP contribution >= 0.6 is 11.3 Å². The lowest BCUT2D eigenvalue weighted by Gasteiger charge is -2.25. The van der Waals surface area contributed by atoms with Gasteiger partial charge in [-0.05, 0) is 25.5 Å². The maximum atomic E-state index is 6.23. The van der Waals surface area contributed by atoms with Crippen molar-refractivity contribution in [2.45, 2.75) is 25.8 Å². The smallest absolute Gasteiger partial charge is 0.0737 e. The first-order chi connectivity index (χ1) is 6.12. The molecular formula is C10H17NOS. The Morgan fingerprint density at radius 2 is 2.23 bits per heavy atom. The summed E-state index contributed by atoms with van der Waals surface area (Å²) in [6.07, 6.45) is 0.904. The van der Waals surface area contributed by atoms with Crippen LogP contribution in [0.25, 0.3) is 0 Å². The minimum Gasteiger partial charge on any atom is -0.382 e. The van der Waals surface area contributed by atoms with Gasteiger partial charge in [0.2, 0.25) is 0 Å². The topological polar surface area (TPSA) is 35.2 Å². The number of ether oxygens (including phenoxy) is 1. The Morgan fingerprint density at radius 3 is 2.62 bits per heavy atom. The molecule has 1 aromatic rings. The minimum atomic E-state index is -0.298. The van der Waals surface area contributed by atoms with Crippen LogP contribution < -0.4 is 5.73 Å². The summed E-state index contributed by atoms with van der Waals surface area (Å²) in [6.45, 7) is 4.77. The molecule has 0 aliphatic rings. The Kier molecular flexibility index (Phi) is 3.47. The van der Waals surface area contributed by atoms with Crippen molar-refractivity contribution in [3.8, 4) is 0 Å². The zero-order valence-electron chi connectivity index (χ0n) is 8.46. The van der Waals surface area contributed by atoms with E-state index in [1.165, 1.54) is 9.75 Å². The van der Waals surface area contributed by atoms with Crippen molar-refractivity contribution in [3.05, 3.63) is 21.9 Å². The number of nitrogens with two attached hydrogens (primary N) is 1. The Morgan fingerprint density at radius 1 is 1.54 bits per heavy atom. The van der Waals surface area contributed by atoms with Gasteiger partial charge in [0.05, 0.1) is 12.1 Å². The second-order valence-corrected chi connectivity index (χ2v) is 4.64. The fourth-order valence-corrected chi connectivity index (χ4v) is 2.33. The van der Waals surface area contributed by atoms with Crippen LogP contribution in [0.4, 0.5) is 0 Å². The highest BCUT2D eigenvalue weighted by molar-refractivity contribution is 7.12. The lowest BCUT2D eigenvalue weighted by molar-refractivity contribution is 0.131. The molecule has 0 bridgehead atoms. The average Bonchev–Trinajstić information content (AvgIpc) is 2.52. The maximum Gasteiger partial charge on any atom is 0.0737 e. The molecule has 0 amide bonds. The van der Waals surface area contributed by atoms with Gasteiger partial charge in [-0.25, -0.2) is 0 Å². The van der Waals surface area contributed by atoms with E-state index in [1.807, 2.05) is 0 Å².